The normalized spacial score (nSPS) is 10.5. The molecule has 1 aromatic rings. The summed E-state index contributed by atoms with van der Waals surface area (Å²) in [5, 5.41) is 13.1. The van der Waals surface area contributed by atoms with Gasteiger partial charge in [-0.15, -0.1) is 0 Å². The average Bonchev–Trinajstić information content (AvgIpc) is 2.13. The molecule has 0 aliphatic heterocycles. The molecular weight excluding hydrogens is 194 g/mol. The monoisotopic (exact) mass is 207 g/mol. The summed E-state index contributed by atoms with van der Waals surface area (Å²) in [6, 6.07) is 2.81. The molecular formula is C10H13N3O2. The van der Waals surface area contributed by atoms with Crippen molar-refractivity contribution >= 4 is 12.2 Å². The summed E-state index contributed by atoms with van der Waals surface area (Å²) in [6.07, 6.45) is 1.46. The largest absolute Gasteiger partial charge is 0.507 e. The molecule has 5 heteroatoms. The van der Waals surface area contributed by atoms with Gasteiger partial charge >= 0.3 is 6.03 Å². The fourth-order valence-electron chi connectivity index (χ4n) is 1.23. The summed E-state index contributed by atoms with van der Waals surface area (Å²) >= 11 is 0. The molecule has 0 radical (unpaired) electrons. The molecule has 2 amide bonds. The minimum Gasteiger partial charge on any atom is -0.507 e. The lowest BCUT2D eigenvalue weighted by Crippen LogP contribution is -2.24. The van der Waals surface area contributed by atoms with Gasteiger partial charge in [-0.3, -0.25) is 0 Å². The number of primary amides is 1. The zero-order chi connectivity index (χ0) is 11.4. The molecule has 0 aliphatic rings. The van der Waals surface area contributed by atoms with E-state index in [-0.39, 0.29) is 5.75 Å². The van der Waals surface area contributed by atoms with Crippen molar-refractivity contribution in [2.24, 2.45) is 10.8 Å². The van der Waals surface area contributed by atoms with Gasteiger partial charge < -0.3 is 10.8 Å². The molecule has 0 spiro atoms. The minimum absolute atomic E-state index is 0.273. The number of rotatable bonds is 2. The highest BCUT2D eigenvalue weighted by Gasteiger charge is 2.01. The van der Waals surface area contributed by atoms with Gasteiger partial charge in [-0.2, -0.15) is 5.10 Å². The van der Waals surface area contributed by atoms with Crippen molar-refractivity contribution in [1.29, 1.82) is 0 Å². The molecule has 15 heavy (non-hydrogen) atoms. The zero-order valence-corrected chi connectivity index (χ0v) is 8.61. The summed E-state index contributed by atoms with van der Waals surface area (Å²) in [4.78, 5) is 10.3. The van der Waals surface area contributed by atoms with Crippen molar-refractivity contribution < 1.29 is 9.90 Å². The molecule has 5 nitrogen and oxygen atoms in total. The summed E-state index contributed by atoms with van der Waals surface area (Å²) in [7, 11) is 0. The summed E-state index contributed by atoms with van der Waals surface area (Å²) < 4.78 is 0. The number of phenols is 1. The van der Waals surface area contributed by atoms with E-state index in [0.29, 0.717) is 0 Å². The van der Waals surface area contributed by atoms with Crippen molar-refractivity contribution in [3.8, 4) is 5.75 Å². The SMILES string of the molecule is Cc1cc(/C=N/NC(N)=O)cc(C)c1O. The van der Waals surface area contributed by atoms with Crippen LogP contribution in [0.3, 0.4) is 0 Å². The van der Waals surface area contributed by atoms with Crippen molar-refractivity contribution in [3.63, 3.8) is 0 Å². The Morgan fingerprint density at radius 3 is 2.47 bits per heavy atom. The lowest BCUT2D eigenvalue weighted by atomic mass is 10.1. The lowest BCUT2D eigenvalue weighted by Gasteiger charge is -2.04. The van der Waals surface area contributed by atoms with Crippen LogP contribution in [0, 0.1) is 13.8 Å². The number of aromatic hydroxyl groups is 1. The second-order valence-electron chi connectivity index (χ2n) is 3.24. The number of hydrazone groups is 1. The van der Waals surface area contributed by atoms with Gasteiger partial charge in [0.05, 0.1) is 6.21 Å². The van der Waals surface area contributed by atoms with Crippen molar-refractivity contribution in [1.82, 2.24) is 5.43 Å². The van der Waals surface area contributed by atoms with Crippen LogP contribution in [0.2, 0.25) is 0 Å². The smallest absolute Gasteiger partial charge is 0.332 e. The van der Waals surface area contributed by atoms with Crippen LogP contribution in [0.15, 0.2) is 17.2 Å². The van der Waals surface area contributed by atoms with E-state index in [2.05, 4.69) is 10.5 Å². The molecule has 4 N–H and O–H groups in total. The van der Waals surface area contributed by atoms with E-state index in [4.69, 9.17) is 5.73 Å². The van der Waals surface area contributed by atoms with Crippen LogP contribution in [0.4, 0.5) is 4.79 Å². The van der Waals surface area contributed by atoms with Gasteiger partial charge in [0.15, 0.2) is 0 Å². The third-order valence-corrected chi connectivity index (χ3v) is 1.90. The first kappa shape index (κ1) is 11.0. The Balaban J connectivity index is 2.87. The number of urea groups is 1. The molecule has 0 atom stereocenters. The Bertz CT molecular complexity index is 390. The first-order valence-electron chi connectivity index (χ1n) is 4.39. The molecule has 1 rings (SSSR count). The maximum atomic E-state index is 10.3. The second-order valence-corrected chi connectivity index (χ2v) is 3.24. The highest BCUT2D eigenvalue weighted by molar-refractivity contribution is 5.82. The van der Waals surface area contributed by atoms with E-state index < -0.39 is 6.03 Å². The van der Waals surface area contributed by atoms with E-state index in [0.717, 1.165) is 16.7 Å². The zero-order valence-electron chi connectivity index (χ0n) is 8.61. The Labute approximate surface area is 87.6 Å². The number of benzene rings is 1. The molecule has 0 saturated carbocycles. The van der Waals surface area contributed by atoms with Gasteiger partial charge in [0.1, 0.15) is 5.75 Å². The standard InChI is InChI=1S/C10H13N3O2/c1-6-3-8(4-7(2)9(6)14)5-12-13-10(11)15/h3-5,14H,1-2H3,(H3,11,13,15)/b12-5+. The van der Waals surface area contributed by atoms with E-state index >= 15 is 0 Å². The van der Waals surface area contributed by atoms with Crippen LogP contribution in [-0.2, 0) is 0 Å². The maximum Gasteiger partial charge on any atom is 0.332 e. The number of carbonyl (C=O) groups is 1. The van der Waals surface area contributed by atoms with Gasteiger partial charge in [0, 0.05) is 0 Å². The van der Waals surface area contributed by atoms with Crippen LogP contribution < -0.4 is 11.2 Å². The highest BCUT2D eigenvalue weighted by Crippen LogP contribution is 2.21. The molecule has 0 unspecified atom stereocenters. The van der Waals surface area contributed by atoms with Crippen molar-refractivity contribution in [3.05, 3.63) is 28.8 Å². The molecule has 0 bridgehead atoms. The van der Waals surface area contributed by atoms with Gasteiger partial charge in [-0.1, -0.05) is 0 Å². The Morgan fingerprint density at radius 2 is 2.00 bits per heavy atom. The summed E-state index contributed by atoms with van der Waals surface area (Å²) in [5.74, 6) is 0.273. The van der Waals surface area contributed by atoms with Crippen LogP contribution in [-0.4, -0.2) is 17.4 Å². The van der Waals surface area contributed by atoms with Gasteiger partial charge in [0.2, 0.25) is 0 Å². The first-order chi connectivity index (χ1) is 7.00. The fourth-order valence-corrected chi connectivity index (χ4v) is 1.23. The first-order valence-corrected chi connectivity index (χ1v) is 4.39. The number of carbonyl (C=O) groups excluding carboxylic acids is 1. The van der Waals surface area contributed by atoms with Crippen molar-refractivity contribution in [2.45, 2.75) is 13.8 Å². The van der Waals surface area contributed by atoms with E-state index in [1.807, 2.05) is 0 Å². The van der Waals surface area contributed by atoms with Gasteiger partial charge in [-0.25, -0.2) is 10.2 Å². The average molecular weight is 207 g/mol. The topological polar surface area (TPSA) is 87.7 Å². The molecule has 80 valence electrons. The number of nitrogens with two attached hydrogens (primary N) is 1. The number of aryl methyl sites for hydroxylation is 2. The summed E-state index contributed by atoms with van der Waals surface area (Å²) in [5.41, 5.74) is 9.24. The van der Waals surface area contributed by atoms with E-state index in [1.165, 1.54) is 6.21 Å². The number of nitrogens with one attached hydrogen (secondary N) is 1. The second kappa shape index (κ2) is 4.45. The van der Waals surface area contributed by atoms with E-state index in [1.54, 1.807) is 26.0 Å². The third kappa shape index (κ3) is 2.98. The van der Waals surface area contributed by atoms with Crippen molar-refractivity contribution in [2.75, 3.05) is 0 Å². The fraction of sp³-hybridized carbons (Fsp3) is 0.200. The van der Waals surface area contributed by atoms with Crippen LogP contribution in [0.25, 0.3) is 0 Å². The quantitative estimate of drug-likeness (QED) is 0.499. The summed E-state index contributed by atoms with van der Waals surface area (Å²) in [6.45, 7) is 3.59. The van der Waals surface area contributed by atoms with Crippen LogP contribution in [0.5, 0.6) is 5.75 Å². The van der Waals surface area contributed by atoms with Crippen LogP contribution in [0.1, 0.15) is 16.7 Å². The maximum absolute atomic E-state index is 10.3. The number of nitrogens with zero attached hydrogens (tertiary/aromatic N) is 1. The molecule has 0 aliphatic carbocycles. The predicted molar refractivity (Wildman–Crippen MR) is 57.9 cm³/mol. The van der Waals surface area contributed by atoms with Crippen LogP contribution >= 0.6 is 0 Å². The lowest BCUT2D eigenvalue weighted by molar-refractivity contribution is 0.249. The Hall–Kier alpha value is -2.04. The Kier molecular flexibility index (Phi) is 3.28. The molecule has 0 saturated heterocycles. The predicted octanol–water partition coefficient (Wildman–Crippen LogP) is 1.01. The third-order valence-electron chi connectivity index (χ3n) is 1.90. The molecule has 0 fully saturated rings. The minimum atomic E-state index is -0.710. The molecule has 0 aromatic heterocycles. The molecule has 1 aromatic carbocycles. The van der Waals surface area contributed by atoms with Gasteiger partial charge in [0.25, 0.3) is 0 Å². The number of amides is 2. The molecule has 0 heterocycles. The highest BCUT2D eigenvalue weighted by atomic mass is 16.3. The van der Waals surface area contributed by atoms with E-state index in [9.17, 15) is 9.90 Å². The Morgan fingerprint density at radius 1 is 1.47 bits per heavy atom. The number of hydrogen-bond donors (Lipinski definition) is 3. The van der Waals surface area contributed by atoms with Gasteiger partial charge in [-0.05, 0) is 42.7 Å². The number of phenolic OH excluding ortho intramolecular Hbond substituents is 1. The number of hydrogen-bond acceptors (Lipinski definition) is 3.